The molecule has 0 fully saturated rings. The maximum atomic E-state index is 8.70. The second-order valence-electron chi connectivity index (χ2n) is 5.17. The van der Waals surface area contributed by atoms with Gasteiger partial charge < -0.3 is 19.4 Å². The molecule has 0 saturated carbocycles. The molecule has 23 heavy (non-hydrogen) atoms. The third kappa shape index (κ3) is 4.92. The lowest BCUT2D eigenvalue weighted by Gasteiger charge is -2.12. The number of aryl methyl sites for hydroxylation is 2. The summed E-state index contributed by atoms with van der Waals surface area (Å²) < 4.78 is 16.6. The number of oxime groups is 1. The lowest BCUT2D eigenvalue weighted by molar-refractivity contribution is 0.216. The van der Waals surface area contributed by atoms with E-state index in [1.807, 2.05) is 26.0 Å². The second kappa shape index (κ2) is 8.08. The zero-order chi connectivity index (χ0) is 16.7. The van der Waals surface area contributed by atoms with Crippen LogP contribution in [-0.4, -0.2) is 31.7 Å². The fourth-order valence-corrected chi connectivity index (χ4v) is 2.26. The van der Waals surface area contributed by atoms with Gasteiger partial charge in [-0.2, -0.15) is 0 Å². The molecular formula is C18H21NO4. The van der Waals surface area contributed by atoms with Crippen LogP contribution in [0.5, 0.6) is 17.2 Å². The lowest BCUT2D eigenvalue weighted by atomic mass is 10.1. The number of benzene rings is 2. The normalized spacial score (nSPS) is 10.7. The fourth-order valence-electron chi connectivity index (χ4n) is 2.26. The predicted molar refractivity (Wildman–Crippen MR) is 89.3 cm³/mol. The van der Waals surface area contributed by atoms with Gasteiger partial charge in [-0.15, -0.1) is 0 Å². The van der Waals surface area contributed by atoms with Crippen LogP contribution < -0.4 is 14.2 Å². The second-order valence-corrected chi connectivity index (χ2v) is 5.17. The summed E-state index contributed by atoms with van der Waals surface area (Å²) in [4.78, 5) is 0. The first kappa shape index (κ1) is 16.7. The van der Waals surface area contributed by atoms with Crippen LogP contribution in [0.1, 0.15) is 16.7 Å². The molecule has 0 radical (unpaired) electrons. The summed E-state index contributed by atoms with van der Waals surface area (Å²) in [5, 5.41) is 11.7. The summed E-state index contributed by atoms with van der Waals surface area (Å²) >= 11 is 0. The Balaban J connectivity index is 1.95. The van der Waals surface area contributed by atoms with Gasteiger partial charge in [0.05, 0.1) is 13.3 Å². The van der Waals surface area contributed by atoms with Gasteiger partial charge in [-0.3, -0.25) is 0 Å². The molecule has 0 aliphatic rings. The number of nitrogens with zero attached hydrogens (tertiary/aromatic N) is 1. The average molecular weight is 315 g/mol. The van der Waals surface area contributed by atoms with E-state index < -0.39 is 0 Å². The Kier molecular flexibility index (Phi) is 5.86. The maximum absolute atomic E-state index is 8.70. The Hall–Kier alpha value is -2.69. The van der Waals surface area contributed by atoms with E-state index in [0.29, 0.717) is 30.3 Å². The first-order valence-electron chi connectivity index (χ1n) is 7.31. The first-order chi connectivity index (χ1) is 11.1. The molecule has 0 bridgehead atoms. The highest BCUT2D eigenvalue weighted by atomic mass is 16.5. The summed E-state index contributed by atoms with van der Waals surface area (Å²) in [6.07, 6.45) is 1.32. The van der Waals surface area contributed by atoms with E-state index in [9.17, 15) is 0 Å². The van der Waals surface area contributed by atoms with Crippen molar-refractivity contribution in [3.63, 3.8) is 0 Å². The van der Waals surface area contributed by atoms with Gasteiger partial charge in [-0.25, -0.2) is 0 Å². The molecule has 1 N–H and O–H groups in total. The molecule has 0 aliphatic carbocycles. The first-order valence-corrected chi connectivity index (χ1v) is 7.31. The SMILES string of the molecule is COc1ccc(/C=N/O)c(OCCOc2cc(C)cc(C)c2)c1. The minimum atomic E-state index is 0.367. The van der Waals surface area contributed by atoms with Gasteiger partial charge >= 0.3 is 0 Å². The molecule has 0 atom stereocenters. The number of ether oxygens (including phenoxy) is 3. The van der Waals surface area contributed by atoms with Gasteiger partial charge in [0.2, 0.25) is 0 Å². The minimum absolute atomic E-state index is 0.367. The number of rotatable bonds is 7. The van der Waals surface area contributed by atoms with Crippen LogP contribution in [0.4, 0.5) is 0 Å². The van der Waals surface area contributed by atoms with Crippen molar-refractivity contribution in [1.82, 2.24) is 0 Å². The van der Waals surface area contributed by atoms with E-state index in [-0.39, 0.29) is 0 Å². The van der Waals surface area contributed by atoms with Crippen molar-refractivity contribution in [1.29, 1.82) is 0 Å². The summed E-state index contributed by atoms with van der Waals surface area (Å²) in [6, 6.07) is 11.4. The molecule has 2 aromatic carbocycles. The van der Waals surface area contributed by atoms with E-state index in [4.69, 9.17) is 19.4 Å². The number of methoxy groups -OCH3 is 1. The smallest absolute Gasteiger partial charge is 0.132 e. The highest BCUT2D eigenvalue weighted by Crippen LogP contribution is 2.23. The summed E-state index contributed by atoms with van der Waals surface area (Å²) in [5.41, 5.74) is 2.99. The van der Waals surface area contributed by atoms with Crippen molar-refractivity contribution in [2.75, 3.05) is 20.3 Å². The number of hydrogen-bond donors (Lipinski definition) is 1. The van der Waals surface area contributed by atoms with Crippen molar-refractivity contribution in [2.24, 2.45) is 5.16 Å². The van der Waals surface area contributed by atoms with Crippen molar-refractivity contribution >= 4 is 6.21 Å². The zero-order valence-electron chi connectivity index (χ0n) is 13.6. The van der Waals surface area contributed by atoms with Gasteiger partial charge in [0, 0.05) is 11.6 Å². The quantitative estimate of drug-likeness (QED) is 0.367. The molecule has 0 saturated heterocycles. The topological polar surface area (TPSA) is 60.3 Å². The Morgan fingerprint density at radius 3 is 2.30 bits per heavy atom. The molecule has 5 heteroatoms. The molecule has 2 aromatic rings. The maximum Gasteiger partial charge on any atom is 0.132 e. The molecule has 0 aromatic heterocycles. The van der Waals surface area contributed by atoms with Crippen molar-refractivity contribution < 1.29 is 19.4 Å². The fraction of sp³-hybridized carbons (Fsp3) is 0.278. The van der Waals surface area contributed by atoms with Crippen LogP contribution in [0.3, 0.4) is 0 Å². The van der Waals surface area contributed by atoms with Crippen molar-refractivity contribution in [3.8, 4) is 17.2 Å². The Labute approximate surface area is 136 Å². The molecule has 5 nitrogen and oxygen atoms in total. The molecule has 0 heterocycles. The minimum Gasteiger partial charge on any atom is -0.497 e. The van der Waals surface area contributed by atoms with Gasteiger partial charge in [-0.1, -0.05) is 11.2 Å². The van der Waals surface area contributed by atoms with Gasteiger partial charge in [-0.05, 0) is 49.2 Å². The Bertz CT molecular complexity index is 662. The molecule has 2 rings (SSSR count). The van der Waals surface area contributed by atoms with Crippen molar-refractivity contribution in [2.45, 2.75) is 13.8 Å². The summed E-state index contributed by atoms with van der Waals surface area (Å²) in [6.45, 7) is 4.85. The third-order valence-corrected chi connectivity index (χ3v) is 3.22. The molecule has 0 amide bonds. The van der Waals surface area contributed by atoms with E-state index in [2.05, 4.69) is 11.2 Å². The molecule has 0 spiro atoms. The van der Waals surface area contributed by atoms with Crippen LogP contribution >= 0.6 is 0 Å². The van der Waals surface area contributed by atoms with E-state index in [1.165, 1.54) is 6.21 Å². The van der Waals surface area contributed by atoms with Gasteiger partial charge in [0.1, 0.15) is 30.5 Å². The summed E-state index contributed by atoms with van der Waals surface area (Å²) in [5.74, 6) is 2.07. The molecule has 122 valence electrons. The van der Waals surface area contributed by atoms with Crippen LogP contribution in [-0.2, 0) is 0 Å². The predicted octanol–water partition coefficient (Wildman–Crippen LogP) is 3.58. The van der Waals surface area contributed by atoms with Crippen molar-refractivity contribution in [3.05, 3.63) is 53.1 Å². The van der Waals surface area contributed by atoms with Crippen LogP contribution in [0.2, 0.25) is 0 Å². The third-order valence-electron chi connectivity index (χ3n) is 3.22. The average Bonchev–Trinajstić information content (AvgIpc) is 2.52. The van der Waals surface area contributed by atoms with Gasteiger partial charge in [0.15, 0.2) is 0 Å². The standard InChI is InChI=1S/C18H21NO4/c1-13-8-14(2)10-17(9-13)22-6-7-23-18-11-16(21-3)5-4-15(18)12-19-20/h4-5,8-12,20H,6-7H2,1-3H3/b19-12+. The Morgan fingerprint density at radius 1 is 0.957 bits per heavy atom. The Morgan fingerprint density at radius 2 is 1.65 bits per heavy atom. The molecular weight excluding hydrogens is 294 g/mol. The monoisotopic (exact) mass is 315 g/mol. The lowest BCUT2D eigenvalue weighted by Crippen LogP contribution is -2.10. The van der Waals surface area contributed by atoms with Crippen LogP contribution in [0, 0.1) is 13.8 Å². The highest BCUT2D eigenvalue weighted by Gasteiger charge is 2.05. The zero-order valence-corrected chi connectivity index (χ0v) is 13.6. The largest absolute Gasteiger partial charge is 0.497 e. The summed E-state index contributed by atoms with van der Waals surface area (Å²) in [7, 11) is 1.59. The van der Waals surface area contributed by atoms with E-state index in [0.717, 1.165) is 16.9 Å². The molecule has 0 unspecified atom stereocenters. The molecule has 0 aliphatic heterocycles. The van der Waals surface area contributed by atoms with Crippen LogP contribution in [0.25, 0.3) is 0 Å². The highest BCUT2D eigenvalue weighted by molar-refractivity contribution is 5.83. The number of hydrogen-bond acceptors (Lipinski definition) is 5. The van der Waals surface area contributed by atoms with Gasteiger partial charge in [0.25, 0.3) is 0 Å². The van der Waals surface area contributed by atoms with E-state index in [1.54, 1.807) is 25.3 Å². The van der Waals surface area contributed by atoms with Crippen LogP contribution in [0.15, 0.2) is 41.6 Å². The van der Waals surface area contributed by atoms with E-state index >= 15 is 0 Å².